The van der Waals surface area contributed by atoms with Crippen molar-refractivity contribution in [2.24, 2.45) is 5.92 Å². The van der Waals surface area contributed by atoms with Gasteiger partial charge in [-0.15, -0.1) is 0 Å². The summed E-state index contributed by atoms with van der Waals surface area (Å²) in [4.78, 5) is 26.9. The van der Waals surface area contributed by atoms with Crippen LogP contribution in [0.2, 0.25) is 0 Å². The summed E-state index contributed by atoms with van der Waals surface area (Å²) in [5, 5.41) is 0. The fraction of sp³-hybridized carbons (Fsp3) is 0.818. The van der Waals surface area contributed by atoms with Gasteiger partial charge >= 0.3 is 0 Å². The van der Waals surface area contributed by atoms with Gasteiger partial charge in [0, 0.05) is 26.1 Å². The van der Waals surface area contributed by atoms with Crippen LogP contribution in [0.3, 0.4) is 0 Å². The summed E-state index contributed by atoms with van der Waals surface area (Å²) < 4.78 is 0. The number of nitrogens with zero attached hydrogens (tertiary/aromatic N) is 2. The van der Waals surface area contributed by atoms with E-state index in [4.69, 9.17) is 0 Å². The number of carbonyl (C=O) groups excluding carboxylic acids is 2. The number of hydrogen-bond donors (Lipinski definition) is 0. The number of rotatable bonds is 3. The van der Waals surface area contributed by atoms with E-state index in [1.807, 2.05) is 11.9 Å². The predicted molar refractivity (Wildman–Crippen MR) is 56.4 cm³/mol. The average molecular weight is 210 g/mol. The van der Waals surface area contributed by atoms with Gasteiger partial charge in [0.1, 0.15) is 5.78 Å². The largest absolute Gasteiger partial charge is 0.345 e. The van der Waals surface area contributed by atoms with E-state index < -0.39 is 0 Å². The summed E-state index contributed by atoms with van der Waals surface area (Å²) in [6, 6.07) is 0. The third kappa shape index (κ3) is 2.78. The normalized spacial score (nSPS) is 24.1. The van der Waals surface area contributed by atoms with Crippen LogP contribution in [0.5, 0.6) is 0 Å². The van der Waals surface area contributed by atoms with E-state index in [0.717, 1.165) is 32.4 Å². The molecule has 84 valence electrons. The molecule has 1 heterocycles. The van der Waals surface area contributed by atoms with Gasteiger partial charge in [-0.1, -0.05) is 0 Å². The SMILES string of the molecule is CN1CCCN(CC(=O)C2CC2)CC1=O. The maximum absolute atomic E-state index is 11.6. The molecule has 0 N–H and O–H groups in total. The second kappa shape index (κ2) is 4.31. The van der Waals surface area contributed by atoms with E-state index in [1.165, 1.54) is 0 Å². The standard InChI is InChI=1S/C11H18N2O2/c1-12-5-2-6-13(8-11(12)15)7-10(14)9-3-4-9/h9H,2-8H2,1H3. The third-order valence-electron chi connectivity index (χ3n) is 3.16. The molecule has 4 nitrogen and oxygen atoms in total. The van der Waals surface area contributed by atoms with E-state index in [2.05, 4.69) is 0 Å². The van der Waals surface area contributed by atoms with Crippen LogP contribution in [0.1, 0.15) is 19.3 Å². The fourth-order valence-electron chi connectivity index (χ4n) is 1.94. The van der Waals surface area contributed by atoms with Gasteiger partial charge in [-0.05, 0) is 19.3 Å². The van der Waals surface area contributed by atoms with Gasteiger partial charge < -0.3 is 4.90 Å². The lowest BCUT2D eigenvalue weighted by Crippen LogP contribution is -2.37. The number of ketones is 1. The van der Waals surface area contributed by atoms with Crippen molar-refractivity contribution in [3.63, 3.8) is 0 Å². The number of carbonyl (C=O) groups is 2. The van der Waals surface area contributed by atoms with Gasteiger partial charge in [-0.25, -0.2) is 0 Å². The minimum atomic E-state index is 0.135. The summed E-state index contributed by atoms with van der Waals surface area (Å²) >= 11 is 0. The number of amides is 1. The summed E-state index contributed by atoms with van der Waals surface area (Å²) in [5.74, 6) is 0.768. The highest BCUT2D eigenvalue weighted by Crippen LogP contribution is 2.30. The van der Waals surface area contributed by atoms with Crippen LogP contribution in [0.15, 0.2) is 0 Å². The Morgan fingerprint density at radius 3 is 2.80 bits per heavy atom. The van der Waals surface area contributed by atoms with Crippen LogP contribution in [0, 0.1) is 5.92 Å². The van der Waals surface area contributed by atoms with Crippen molar-refractivity contribution in [3.8, 4) is 0 Å². The third-order valence-corrected chi connectivity index (χ3v) is 3.16. The monoisotopic (exact) mass is 210 g/mol. The predicted octanol–water partition coefficient (Wildman–Crippen LogP) is 0.130. The molecule has 2 rings (SSSR count). The molecular formula is C11H18N2O2. The second-order valence-corrected chi connectivity index (χ2v) is 4.62. The highest BCUT2D eigenvalue weighted by atomic mass is 16.2. The maximum atomic E-state index is 11.6. The smallest absolute Gasteiger partial charge is 0.236 e. The molecular weight excluding hydrogens is 192 g/mol. The van der Waals surface area contributed by atoms with E-state index in [1.54, 1.807) is 4.90 Å². The minimum absolute atomic E-state index is 0.135. The molecule has 0 bridgehead atoms. The lowest BCUT2D eigenvalue weighted by molar-refractivity contribution is -0.130. The van der Waals surface area contributed by atoms with Crippen LogP contribution in [0.4, 0.5) is 0 Å². The van der Waals surface area contributed by atoms with Crippen molar-refractivity contribution in [1.82, 2.24) is 9.80 Å². The molecule has 1 saturated heterocycles. The lowest BCUT2D eigenvalue weighted by Gasteiger charge is -2.18. The molecule has 0 atom stereocenters. The van der Waals surface area contributed by atoms with Crippen molar-refractivity contribution >= 4 is 11.7 Å². The molecule has 2 fully saturated rings. The zero-order chi connectivity index (χ0) is 10.8. The Balaban J connectivity index is 1.85. The van der Waals surface area contributed by atoms with E-state index in [-0.39, 0.29) is 5.91 Å². The fourth-order valence-corrected chi connectivity index (χ4v) is 1.94. The van der Waals surface area contributed by atoms with Crippen molar-refractivity contribution in [1.29, 1.82) is 0 Å². The van der Waals surface area contributed by atoms with Crippen LogP contribution >= 0.6 is 0 Å². The molecule has 1 amide bonds. The molecule has 0 unspecified atom stereocenters. The summed E-state index contributed by atoms with van der Waals surface area (Å²) in [5.41, 5.74) is 0. The molecule has 15 heavy (non-hydrogen) atoms. The lowest BCUT2D eigenvalue weighted by atomic mass is 10.2. The number of hydrogen-bond acceptors (Lipinski definition) is 3. The molecule has 4 heteroatoms. The summed E-state index contributed by atoms with van der Waals surface area (Å²) in [6.45, 7) is 2.57. The van der Waals surface area contributed by atoms with Gasteiger partial charge in [-0.3, -0.25) is 14.5 Å². The van der Waals surface area contributed by atoms with Crippen molar-refractivity contribution in [2.75, 3.05) is 33.2 Å². The zero-order valence-electron chi connectivity index (χ0n) is 9.24. The Morgan fingerprint density at radius 1 is 1.40 bits per heavy atom. The second-order valence-electron chi connectivity index (χ2n) is 4.62. The Labute approximate surface area is 90.2 Å². The van der Waals surface area contributed by atoms with Crippen molar-refractivity contribution in [2.45, 2.75) is 19.3 Å². The van der Waals surface area contributed by atoms with Gasteiger partial charge in [0.15, 0.2) is 0 Å². The molecule has 1 aliphatic heterocycles. The zero-order valence-corrected chi connectivity index (χ0v) is 9.24. The van der Waals surface area contributed by atoms with Crippen LogP contribution in [0.25, 0.3) is 0 Å². The molecule has 0 radical (unpaired) electrons. The first-order chi connectivity index (χ1) is 7.16. The first-order valence-corrected chi connectivity index (χ1v) is 5.66. The van der Waals surface area contributed by atoms with Crippen LogP contribution < -0.4 is 0 Å². The summed E-state index contributed by atoms with van der Waals surface area (Å²) in [6.07, 6.45) is 3.08. The molecule has 1 aliphatic carbocycles. The first kappa shape index (κ1) is 10.6. The first-order valence-electron chi connectivity index (χ1n) is 5.66. The molecule has 2 aliphatic rings. The molecule has 0 aromatic rings. The highest BCUT2D eigenvalue weighted by molar-refractivity contribution is 5.86. The van der Waals surface area contributed by atoms with E-state index in [0.29, 0.717) is 24.8 Å². The summed E-state index contributed by atoms with van der Waals surface area (Å²) in [7, 11) is 1.83. The molecule has 0 aromatic heterocycles. The Bertz CT molecular complexity index is 274. The van der Waals surface area contributed by atoms with Crippen molar-refractivity contribution in [3.05, 3.63) is 0 Å². The Hall–Kier alpha value is -0.900. The van der Waals surface area contributed by atoms with Crippen molar-refractivity contribution < 1.29 is 9.59 Å². The highest BCUT2D eigenvalue weighted by Gasteiger charge is 2.31. The molecule has 0 aromatic carbocycles. The van der Waals surface area contributed by atoms with Crippen LogP contribution in [-0.2, 0) is 9.59 Å². The minimum Gasteiger partial charge on any atom is -0.345 e. The van der Waals surface area contributed by atoms with Gasteiger partial charge in [0.25, 0.3) is 0 Å². The van der Waals surface area contributed by atoms with E-state index >= 15 is 0 Å². The van der Waals surface area contributed by atoms with Gasteiger partial charge in [-0.2, -0.15) is 0 Å². The Morgan fingerprint density at radius 2 is 2.13 bits per heavy atom. The van der Waals surface area contributed by atoms with Gasteiger partial charge in [0.2, 0.25) is 5.91 Å². The average Bonchev–Trinajstić information content (AvgIpc) is 2.98. The van der Waals surface area contributed by atoms with Crippen LogP contribution in [-0.4, -0.2) is 54.7 Å². The quantitative estimate of drug-likeness (QED) is 0.665. The number of Topliss-reactive ketones (excluding diaryl/α,β-unsaturated/α-hetero) is 1. The molecule has 0 spiro atoms. The maximum Gasteiger partial charge on any atom is 0.236 e. The molecule has 1 saturated carbocycles. The number of likely N-dealkylation sites (N-methyl/N-ethyl adjacent to an activating group) is 1. The Kier molecular flexibility index (Phi) is 3.05. The van der Waals surface area contributed by atoms with Gasteiger partial charge in [0.05, 0.1) is 13.1 Å². The van der Waals surface area contributed by atoms with E-state index in [9.17, 15) is 9.59 Å². The topological polar surface area (TPSA) is 40.6 Å².